The zero-order valence-electron chi connectivity index (χ0n) is 10.4. The zero-order chi connectivity index (χ0) is 14.7. The molecule has 0 bridgehead atoms. The second-order valence-corrected chi connectivity index (χ2v) is 4.57. The molecule has 0 saturated carbocycles. The van der Waals surface area contributed by atoms with Gasteiger partial charge in [-0.1, -0.05) is 17.7 Å². The molecule has 0 aromatic heterocycles. The Hall–Kier alpha value is -2.27. The smallest absolute Gasteiger partial charge is 0.338 e. The number of nitrogen functional groups attached to an aromatic ring is 2. The van der Waals surface area contributed by atoms with Gasteiger partial charge in [0.25, 0.3) is 0 Å². The molecule has 0 unspecified atom stereocenters. The first kappa shape index (κ1) is 14.1. The Bertz CT molecular complexity index is 621. The Balaban J connectivity index is 2.13. The molecule has 0 aliphatic carbocycles. The molecule has 2 rings (SSSR count). The van der Waals surface area contributed by atoms with Crippen molar-refractivity contribution in [2.45, 2.75) is 6.61 Å². The summed E-state index contributed by atoms with van der Waals surface area (Å²) in [6, 6.07) is 8.62. The lowest BCUT2D eigenvalue weighted by Gasteiger charge is -2.08. The highest BCUT2D eigenvalue weighted by Crippen LogP contribution is 2.21. The summed E-state index contributed by atoms with van der Waals surface area (Å²) in [6.45, 7) is -0.265. The maximum Gasteiger partial charge on any atom is 0.338 e. The van der Waals surface area contributed by atoms with Gasteiger partial charge in [-0.25, -0.2) is 9.18 Å². The number of carbonyl (C=O) groups is 1. The minimum atomic E-state index is -0.650. The van der Waals surface area contributed by atoms with Crippen molar-refractivity contribution < 1.29 is 13.9 Å². The summed E-state index contributed by atoms with van der Waals surface area (Å²) in [5.41, 5.74) is 12.2. The third-order valence-electron chi connectivity index (χ3n) is 2.62. The molecule has 6 heteroatoms. The number of nitrogens with two attached hydrogens (primary N) is 2. The van der Waals surface area contributed by atoms with Gasteiger partial charge in [-0.3, -0.25) is 0 Å². The van der Waals surface area contributed by atoms with Crippen LogP contribution in [0, 0.1) is 5.82 Å². The summed E-state index contributed by atoms with van der Waals surface area (Å²) in [5, 5.41) is 0.199. The van der Waals surface area contributed by atoms with Crippen LogP contribution in [-0.4, -0.2) is 5.97 Å². The first-order valence-corrected chi connectivity index (χ1v) is 6.11. The molecule has 0 heterocycles. The van der Waals surface area contributed by atoms with Crippen LogP contribution in [0.3, 0.4) is 0 Å². The summed E-state index contributed by atoms with van der Waals surface area (Å²) in [6.07, 6.45) is 0. The van der Waals surface area contributed by atoms with Crippen LogP contribution in [0.4, 0.5) is 15.8 Å². The van der Waals surface area contributed by atoms with Crippen LogP contribution in [0.25, 0.3) is 0 Å². The van der Waals surface area contributed by atoms with Crippen molar-refractivity contribution in [1.29, 1.82) is 0 Å². The first-order valence-electron chi connectivity index (χ1n) is 5.73. The van der Waals surface area contributed by atoms with E-state index in [-0.39, 0.29) is 22.8 Å². The lowest BCUT2D eigenvalue weighted by molar-refractivity contribution is 0.0469. The van der Waals surface area contributed by atoms with Crippen LogP contribution in [0.1, 0.15) is 15.9 Å². The molecule has 2 aromatic rings. The van der Waals surface area contributed by atoms with Crippen molar-refractivity contribution >= 4 is 28.9 Å². The van der Waals surface area contributed by atoms with Crippen molar-refractivity contribution in [3.63, 3.8) is 0 Å². The van der Waals surface area contributed by atoms with Gasteiger partial charge < -0.3 is 16.2 Å². The number of ether oxygens (including phenoxy) is 1. The fraction of sp³-hybridized carbons (Fsp3) is 0.0714. The summed E-state index contributed by atoms with van der Waals surface area (Å²) in [4.78, 5) is 11.8. The van der Waals surface area contributed by atoms with E-state index in [1.807, 2.05) is 0 Å². The third-order valence-corrected chi connectivity index (χ3v) is 2.98. The Morgan fingerprint density at radius 1 is 1.20 bits per heavy atom. The Morgan fingerprint density at radius 2 is 1.85 bits per heavy atom. The van der Waals surface area contributed by atoms with Crippen LogP contribution in [0.2, 0.25) is 5.02 Å². The van der Waals surface area contributed by atoms with E-state index in [1.54, 1.807) is 0 Å². The van der Waals surface area contributed by atoms with Crippen molar-refractivity contribution in [2.75, 3.05) is 11.5 Å². The fourth-order valence-electron chi connectivity index (χ4n) is 1.69. The van der Waals surface area contributed by atoms with E-state index in [4.69, 9.17) is 27.8 Å². The van der Waals surface area contributed by atoms with Crippen LogP contribution in [0.5, 0.6) is 0 Å². The van der Waals surface area contributed by atoms with Crippen molar-refractivity contribution in [2.24, 2.45) is 0 Å². The van der Waals surface area contributed by atoms with Gasteiger partial charge >= 0.3 is 5.97 Å². The minimum Gasteiger partial charge on any atom is -0.457 e. The maximum atomic E-state index is 13.5. The van der Waals surface area contributed by atoms with Gasteiger partial charge in [0.05, 0.1) is 10.6 Å². The Morgan fingerprint density at radius 3 is 2.45 bits per heavy atom. The van der Waals surface area contributed by atoms with Gasteiger partial charge in [0.2, 0.25) is 0 Å². The van der Waals surface area contributed by atoms with E-state index < -0.39 is 11.8 Å². The molecule has 20 heavy (non-hydrogen) atoms. The molecule has 0 aliphatic heterocycles. The van der Waals surface area contributed by atoms with E-state index in [0.29, 0.717) is 11.4 Å². The highest BCUT2D eigenvalue weighted by Gasteiger charge is 2.12. The van der Waals surface area contributed by atoms with E-state index in [1.165, 1.54) is 36.4 Å². The number of benzene rings is 2. The number of anilines is 2. The lowest BCUT2D eigenvalue weighted by atomic mass is 10.2. The molecule has 4 N–H and O–H groups in total. The second-order valence-electron chi connectivity index (χ2n) is 4.16. The van der Waals surface area contributed by atoms with Gasteiger partial charge in [-0.05, 0) is 30.3 Å². The number of rotatable bonds is 3. The van der Waals surface area contributed by atoms with Crippen LogP contribution in [-0.2, 0) is 11.3 Å². The second kappa shape index (κ2) is 5.79. The maximum absolute atomic E-state index is 13.5. The predicted octanol–water partition coefficient (Wildman–Crippen LogP) is 3.00. The van der Waals surface area contributed by atoms with Crippen LogP contribution in [0.15, 0.2) is 36.4 Å². The molecule has 0 atom stereocenters. The first-order chi connectivity index (χ1) is 9.47. The SMILES string of the molecule is Nc1cc(N)cc(C(=O)OCc2c(F)cccc2Cl)c1. The summed E-state index contributed by atoms with van der Waals surface area (Å²) in [5.74, 6) is -1.18. The monoisotopic (exact) mass is 294 g/mol. The Kier molecular flexibility index (Phi) is 4.10. The highest BCUT2D eigenvalue weighted by molar-refractivity contribution is 6.31. The third kappa shape index (κ3) is 3.19. The number of halogens is 2. The molecule has 2 aromatic carbocycles. The molecular weight excluding hydrogens is 283 g/mol. The largest absolute Gasteiger partial charge is 0.457 e. The molecule has 4 nitrogen and oxygen atoms in total. The molecular formula is C14H12ClFN2O2. The average molecular weight is 295 g/mol. The van der Waals surface area contributed by atoms with Crippen molar-refractivity contribution in [3.05, 3.63) is 58.4 Å². The topological polar surface area (TPSA) is 78.3 Å². The standard InChI is InChI=1S/C14H12ClFN2O2/c15-12-2-1-3-13(16)11(12)7-20-14(19)8-4-9(17)6-10(18)5-8/h1-6H,7,17-18H2. The highest BCUT2D eigenvalue weighted by atomic mass is 35.5. The van der Waals surface area contributed by atoms with Gasteiger partial charge in [-0.2, -0.15) is 0 Å². The molecule has 0 spiro atoms. The number of esters is 1. The van der Waals surface area contributed by atoms with E-state index in [0.717, 1.165) is 0 Å². The van der Waals surface area contributed by atoms with Gasteiger partial charge in [0.1, 0.15) is 12.4 Å². The molecule has 104 valence electrons. The number of hydrogen-bond acceptors (Lipinski definition) is 4. The van der Waals surface area contributed by atoms with E-state index in [2.05, 4.69) is 0 Å². The van der Waals surface area contributed by atoms with Gasteiger partial charge in [0, 0.05) is 16.9 Å². The minimum absolute atomic E-state index is 0.124. The summed E-state index contributed by atoms with van der Waals surface area (Å²) >= 11 is 5.84. The molecule has 0 saturated heterocycles. The fourth-order valence-corrected chi connectivity index (χ4v) is 1.90. The van der Waals surface area contributed by atoms with Crippen molar-refractivity contribution in [1.82, 2.24) is 0 Å². The molecule has 0 aliphatic rings. The Labute approximate surface area is 120 Å². The van der Waals surface area contributed by atoms with E-state index >= 15 is 0 Å². The average Bonchev–Trinajstić information content (AvgIpc) is 2.36. The number of carbonyl (C=O) groups excluding carboxylic acids is 1. The molecule has 0 fully saturated rings. The van der Waals surface area contributed by atoms with Gasteiger partial charge in [-0.15, -0.1) is 0 Å². The number of hydrogen-bond donors (Lipinski definition) is 2. The van der Waals surface area contributed by atoms with Crippen molar-refractivity contribution in [3.8, 4) is 0 Å². The molecule has 0 radical (unpaired) electrons. The van der Waals surface area contributed by atoms with Crippen LogP contribution >= 0.6 is 11.6 Å². The van der Waals surface area contributed by atoms with Crippen LogP contribution < -0.4 is 11.5 Å². The predicted molar refractivity (Wildman–Crippen MR) is 75.8 cm³/mol. The zero-order valence-corrected chi connectivity index (χ0v) is 11.2. The van der Waals surface area contributed by atoms with Gasteiger partial charge in [0.15, 0.2) is 0 Å². The lowest BCUT2D eigenvalue weighted by Crippen LogP contribution is -2.08. The quantitative estimate of drug-likeness (QED) is 0.674. The summed E-state index contributed by atoms with van der Waals surface area (Å²) in [7, 11) is 0. The normalized spacial score (nSPS) is 10.3. The molecule has 0 amide bonds. The van der Waals surface area contributed by atoms with E-state index in [9.17, 15) is 9.18 Å². The summed E-state index contributed by atoms with van der Waals surface area (Å²) < 4.78 is 18.5.